The van der Waals surface area contributed by atoms with Crippen LogP contribution in [0.2, 0.25) is 0 Å². The molecule has 0 spiro atoms. The first-order valence-corrected chi connectivity index (χ1v) is 16.9. The Balaban J connectivity index is 0.000000806. The Kier molecular flexibility index (Phi) is 8.83. The van der Waals surface area contributed by atoms with E-state index >= 15 is 0 Å². The number of fused-ring (bicyclic) bond motifs is 2. The molecule has 0 bridgehead atoms. The molecule has 0 nitrogen and oxygen atoms in total. The molecule has 30 heavy (non-hydrogen) atoms. The molecule has 154 valence electrons. The summed E-state index contributed by atoms with van der Waals surface area (Å²) in [4.78, 5) is 0. The third kappa shape index (κ3) is 4.84. The van der Waals surface area contributed by atoms with Gasteiger partial charge in [0.05, 0.1) is 0 Å². The van der Waals surface area contributed by atoms with E-state index < -0.39 is 20.8 Å². The Morgan fingerprint density at radius 2 is 0.933 bits per heavy atom. The van der Waals surface area contributed by atoms with Crippen molar-refractivity contribution < 1.29 is 20.8 Å². The average Bonchev–Trinajstić information content (AvgIpc) is 3.29. The van der Waals surface area contributed by atoms with Crippen molar-refractivity contribution in [3.63, 3.8) is 0 Å². The molecule has 2 saturated carbocycles. The van der Waals surface area contributed by atoms with E-state index in [-0.39, 0.29) is 5.41 Å². The summed E-state index contributed by atoms with van der Waals surface area (Å²) < 4.78 is 0. The summed E-state index contributed by atoms with van der Waals surface area (Å²) in [5, 5.41) is 0. The molecule has 0 aromatic heterocycles. The number of hydrogen-bond donors (Lipinski definition) is 0. The molecule has 0 saturated heterocycles. The van der Waals surface area contributed by atoms with Gasteiger partial charge >= 0.3 is 37.9 Å². The standard InChI is InChI=1S/C27H30.2ClH.Zr/c1-17(2)23-15-25(21-13-9-7-11-19(21)23)27(5,6)26-16-24(18(3)4)20-12-8-10-14-22(20)26;;;/h7-18H,1-6H3;2*1H;/q;;;+4/p-2. The SMILES string of the molecule is CC(C)[C]1[CH][C](C(C)(C)[C]2[CH][C](C(C)C)[C]3C=CC=C[C]32)[C]2C=CC=C[C]21.[Cl][Zr+2][Cl]. The zero-order chi connectivity index (χ0) is 22.1. The number of halogens is 2. The van der Waals surface area contributed by atoms with E-state index in [0.29, 0.717) is 11.8 Å². The van der Waals surface area contributed by atoms with E-state index in [9.17, 15) is 0 Å². The molecule has 3 heteroatoms. The van der Waals surface area contributed by atoms with Crippen LogP contribution in [0.25, 0.3) is 0 Å². The summed E-state index contributed by atoms with van der Waals surface area (Å²) >= 11 is -0.826. The van der Waals surface area contributed by atoms with Crippen LogP contribution >= 0.6 is 17.0 Å². The Morgan fingerprint density at radius 3 is 1.23 bits per heavy atom. The summed E-state index contributed by atoms with van der Waals surface area (Å²) in [6.07, 6.45) is 22.8. The van der Waals surface area contributed by atoms with Gasteiger partial charge in [-0.25, -0.2) is 0 Å². The van der Waals surface area contributed by atoms with Gasteiger partial charge in [-0.3, -0.25) is 0 Å². The van der Waals surface area contributed by atoms with Crippen LogP contribution in [0.3, 0.4) is 0 Å². The van der Waals surface area contributed by atoms with Crippen molar-refractivity contribution in [2.24, 2.45) is 17.3 Å². The summed E-state index contributed by atoms with van der Waals surface area (Å²) in [5.74, 6) is 12.5. The molecule has 4 rings (SSSR count). The van der Waals surface area contributed by atoms with Crippen LogP contribution in [0.4, 0.5) is 0 Å². The van der Waals surface area contributed by atoms with Crippen molar-refractivity contribution in [2.45, 2.75) is 41.5 Å². The third-order valence-electron chi connectivity index (χ3n) is 6.25. The molecule has 0 N–H and O–H groups in total. The Morgan fingerprint density at radius 1 is 0.633 bits per heavy atom. The third-order valence-corrected chi connectivity index (χ3v) is 6.25. The Bertz CT molecular complexity index is 631. The second-order valence-electron chi connectivity index (χ2n) is 9.12. The van der Waals surface area contributed by atoms with Gasteiger partial charge in [-0.05, 0) is 53.8 Å². The van der Waals surface area contributed by atoms with Crippen molar-refractivity contribution in [1.82, 2.24) is 0 Å². The molecule has 2 fully saturated rings. The Labute approximate surface area is 204 Å². The average molecular weight is 517 g/mol. The molecule has 0 aromatic carbocycles. The van der Waals surface area contributed by atoms with Crippen molar-refractivity contribution in [3.05, 3.63) is 109 Å². The molecule has 10 radical (unpaired) electrons. The van der Waals surface area contributed by atoms with Gasteiger partial charge in [0, 0.05) is 23.7 Å². The molecule has 0 atom stereocenters. The number of rotatable bonds is 4. The molecular weight excluding hydrogens is 486 g/mol. The molecule has 0 aliphatic heterocycles. The summed E-state index contributed by atoms with van der Waals surface area (Å²) in [5.41, 5.74) is -0.0422. The predicted molar refractivity (Wildman–Crippen MR) is 126 cm³/mol. The zero-order valence-electron chi connectivity index (χ0n) is 18.7. The van der Waals surface area contributed by atoms with Gasteiger partial charge in [-0.1, -0.05) is 90.2 Å². The molecule has 0 amide bonds. The topological polar surface area (TPSA) is 0 Å². The monoisotopic (exact) mass is 514 g/mol. The van der Waals surface area contributed by atoms with Gasteiger partial charge in [0.15, 0.2) is 0 Å². The van der Waals surface area contributed by atoms with Gasteiger partial charge < -0.3 is 0 Å². The van der Waals surface area contributed by atoms with Crippen LogP contribution in [0.15, 0.2) is 48.6 Å². The zero-order valence-corrected chi connectivity index (χ0v) is 22.7. The Hall–Kier alpha value is 0.423. The fraction of sp³-hybridized carbons (Fsp3) is 0.333. The van der Waals surface area contributed by atoms with Crippen molar-refractivity contribution in [3.8, 4) is 0 Å². The predicted octanol–water partition coefficient (Wildman–Crippen LogP) is 7.98. The summed E-state index contributed by atoms with van der Waals surface area (Å²) in [6.45, 7) is 14.0. The quantitative estimate of drug-likeness (QED) is 0.355. The van der Waals surface area contributed by atoms with Crippen LogP contribution in [-0.2, 0) is 20.8 Å². The first kappa shape index (κ1) is 25.1. The maximum absolute atomic E-state index is 4.93. The molecule has 4 aliphatic carbocycles. The van der Waals surface area contributed by atoms with E-state index in [1.54, 1.807) is 0 Å². The fourth-order valence-corrected chi connectivity index (χ4v) is 4.70. The first-order valence-electron chi connectivity index (χ1n) is 10.6. The molecule has 4 aliphatic rings. The van der Waals surface area contributed by atoms with Crippen LogP contribution in [-0.4, -0.2) is 0 Å². The van der Waals surface area contributed by atoms with Gasteiger partial charge in [0.2, 0.25) is 0 Å². The van der Waals surface area contributed by atoms with Gasteiger partial charge in [-0.15, -0.1) is 0 Å². The maximum atomic E-state index is 4.93. The van der Waals surface area contributed by atoms with E-state index in [2.05, 4.69) is 103 Å². The minimum absolute atomic E-state index is 0.0422. The second-order valence-corrected chi connectivity index (χ2v) is 12.9. The van der Waals surface area contributed by atoms with E-state index in [0.717, 1.165) is 0 Å². The van der Waals surface area contributed by atoms with Crippen LogP contribution in [0, 0.1) is 77.4 Å². The molecule has 0 unspecified atom stereocenters. The van der Waals surface area contributed by atoms with Gasteiger partial charge in [0.1, 0.15) is 0 Å². The molecular formula is C27H30Cl2Zr+2. The molecule has 0 aromatic rings. The van der Waals surface area contributed by atoms with E-state index in [4.69, 9.17) is 17.0 Å². The van der Waals surface area contributed by atoms with Crippen LogP contribution < -0.4 is 0 Å². The summed E-state index contributed by atoms with van der Waals surface area (Å²) in [7, 11) is 9.87. The first-order chi connectivity index (χ1) is 14.2. The van der Waals surface area contributed by atoms with Crippen LogP contribution in [0.1, 0.15) is 41.5 Å². The van der Waals surface area contributed by atoms with Crippen molar-refractivity contribution >= 4 is 17.0 Å². The number of hydrogen-bond acceptors (Lipinski definition) is 0. The van der Waals surface area contributed by atoms with Gasteiger partial charge in [0.25, 0.3) is 0 Å². The van der Waals surface area contributed by atoms with Gasteiger partial charge in [-0.2, -0.15) is 0 Å². The molecule has 0 heterocycles. The second kappa shape index (κ2) is 10.6. The number of allylic oxidation sites excluding steroid dienone is 8. The van der Waals surface area contributed by atoms with E-state index in [1.807, 2.05) is 0 Å². The minimum atomic E-state index is -0.826. The van der Waals surface area contributed by atoms with Crippen molar-refractivity contribution in [1.29, 1.82) is 0 Å². The van der Waals surface area contributed by atoms with Crippen molar-refractivity contribution in [2.75, 3.05) is 0 Å². The summed E-state index contributed by atoms with van der Waals surface area (Å²) in [6, 6.07) is 0. The van der Waals surface area contributed by atoms with Crippen LogP contribution in [0.5, 0.6) is 0 Å². The van der Waals surface area contributed by atoms with E-state index in [1.165, 1.54) is 47.3 Å². The fourth-order valence-electron chi connectivity index (χ4n) is 4.70. The normalized spacial score (nSPS) is 24.6.